The molecule has 1 N–H and O–H groups in total. The Labute approximate surface area is 185 Å². The first-order chi connectivity index (χ1) is 14.8. The SMILES string of the molecule is CCC(Oc1cccc(/C=C2/SC(=O)N(c3ccc(C(C)CC)cc3)C2=O)c1)C(=O)O. The molecule has 3 rings (SSSR count). The lowest BCUT2D eigenvalue weighted by molar-refractivity contribution is -0.145. The van der Waals surface area contributed by atoms with Gasteiger partial charge in [0.25, 0.3) is 11.1 Å². The molecule has 1 aliphatic heterocycles. The molecule has 2 aromatic rings. The van der Waals surface area contributed by atoms with Crippen molar-refractivity contribution in [3.8, 4) is 5.75 Å². The van der Waals surface area contributed by atoms with E-state index >= 15 is 0 Å². The van der Waals surface area contributed by atoms with Crippen LogP contribution in [-0.2, 0) is 9.59 Å². The number of carboxylic acid groups (broad SMARTS) is 1. The highest BCUT2D eigenvalue weighted by Gasteiger charge is 2.36. The number of nitrogens with zero attached hydrogens (tertiary/aromatic N) is 1. The minimum Gasteiger partial charge on any atom is -0.479 e. The molecular weight excluding hydrogens is 414 g/mol. The van der Waals surface area contributed by atoms with Crippen LogP contribution in [0.25, 0.3) is 6.08 Å². The summed E-state index contributed by atoms with van der Waals surface area (Å²) in [6, 6.07) is 14.3. The summed E-state index contributed by atoms with van der Waals surface area (Å²) in [6.07, 6.45) is 2.01. The summed E-state index contributed by atoms with van der Waals surface area (Å²) in [5.41, 5.74) is 2.36. The Balaban J connectivity index is 1.80. The highest BCUT2D eigenvalue weighted by atomic mass is 32.2. The van der Waals surface area contributed by atoms with E-state index in [-0.39, 0.29) is 11.1 Å². The Morgan fingerprint density at radius 1 is 1.13 bits per heavy atom. The molecular formula is C24H25NO5S. The lowest BCUT2D eigenvalue weighted by Crippen LogP contribution is -2.27. The van der Waals surface area contributed by atoms with Crippen LogP contribution in [0.4, 0.5) is 10.5 Å². The van der Waals surface area contributed by atoms with Crippen molar-refractivity contribution in [1.82, 2.24) is 0 Å². The number of aliphatic carboxylic acids is 1. The minimum atomic E-state index is -1.03. The van der Waals surface area contributed by atoms with Gasteiger partial charge in [-0.25, -0.2) is 9.69 Å². The summed E-state index contributed by atoms with van der Waals surface area (Å²) in [4.78, 5) is 38.1. The molecule has 1 saturated heterocycles. The van der Waals surface area contributed by atoms with Crippen molar-refractivity contribution in [3.63, 3.8) is 0 Å². The Morgan fingerprint density at radius 2 is 1.84 bits per heavy atom. The van der Waals surface area contributed by atoms with Gasteiger partial charge in [0.15, 0.2) is 6.10 Å². The number of ether oxygens (including phenoxy) is 1. The summed E-state index contributed by atoms with van der Waals surface area (Å²) in [7, 11) is 0. The van der Waals surface area contributed by atoms with Crippen LogP contribution in [0.3, 0.4) is 0 Å². The third-order valence-corrected chi connectivity index (χ3v) is 6.08. The van der Waals surface area contributed by atoms with Gasteiger partial charge in [-0.15, -0.1) is 0 Å². The van der Waals surface area contributed by atoms with E-state index in [1.165, 1.54) is 4.90 Å². The molecule has 2 unspecified atom stereocenters. The molecule has 1 fully saturated rings. The molecule has 6 nitrogen and oxygen atoms in total. The number of imide groups is 1. The number of hydrogen-bond acceptors (Lipinski definition) is 5. The molecule has 0 aliphatic carbocycles. The molecule has 31 heavy (non-hydrogen) atoms. The van der Waals surface area contributed by atoms with Crippen LogP contribution in [0.15, 0.2) is 53.4 Å². The first-order valence-electron chi connectivity index (χ1n) is 10.2. The summed E-state index contributed by atoms with van der Waals surface area (Å²) in [6.45, 7) is 5.98. The van der Waals surface area contributed by atoms with E-state index in [4.69, 9.17) is 9.84 Å². The number of hydrogen-bond donors (Lipinski definition) is 1. The number of carboxylic acids is 1. The molecule has 2 aromatic carbocycles. The van der Waals surface area contributed by atoms with Gasteiger partial charge in [0, 0.05) is 0 Å². The number of amides is 2. The predicted octanol–water partition coefficient (Wildman–Crippen LogP) is 5.68. The molecule has 0 saturated carbocycles. The second-order valence-electron chi connectivity index (χ2n) is 7.34. The normalized spacial score (nSPS) is 17.1. The van der Waals surface area contributed by atoms with E-state index in [0.29, 0.717) is 34.2 Å². The molecule has 2 atom stereocenters. The van der Waals surface area contributed by atoms with Gasteiger partial charge < -0.3 is 9.84 Å². The highest BCUT2D eigenvalue weighted by molar-refractivity contribution is 8.19. The largest absolute Gasteiger partial charge is 0.479 e. The maximum Gasteiger partial charge on any atom is 0.344 e. The molecule has 0 spiro atoms. The summed E-state index contributed by atoms with van der Waals surface area (Å²) >= 11 is 0.879. The standard InChI is InChI=1S/C24H25NO5S/c1-4-15(3)17-9-11-18(12-10-17)25-22(26)21(31-24(25)29)14-16-7-6-8-19(13-16)30-20(5-2)23(27)28/h6-15,20H,4-5H2,1-3H3,(H,27,28)/b21-14+. The van der Waals surface area contributed by atoms with Crippen molar-refractivity contribution >= 4 is 40.6 Å². The van der Waals surface area contributed by atoms with E-state index in [1.807, 2.05) is 12.1 Å². The average molecular weight is 440 g/mol. The minimum absolute atomic E-state index is 0.304. The smallest absolute Gasteiger partial charge is 0.344 e. The third-order valence-electron chi connectivity index (χ3n) is 5.21. The first kappa shape index (κ1) is 22.6. The number of carbonyl (C=O) groups excluding carboxylic acids is 2. The Hall–Kier alpha value is -3.06. The fourth-order valence-electron chi connectivity index (χ4n) is 3.18. The molecule has 7 heteroatoms. The zero-order valence-electron chi connectivity index (χ0n) is 17.7. The van der Waals surface area contributed by atoms with Crippen molar-refractivity contribution in [1.29, 1.82) is 0 Å². The summed E-state index contributed by atoms with van der Waals surface area (Å²) < 4.78 is 5.51. The van der Waals surface area contributed by atoms with Crippen molar-refractivity contribution < 1.29 is 24.2 Å². The number of carbonyl (C=O) groups is 3. The fraction of sp³-hybridized carbons (Fsp3) is 0.292. The predicted molar refractivity (Wildman–Crippen MR) is 122 cm³/mol. The summed E-state index contributed by atoms with van der Waals surface area (Å²) in [5.74, 6) is -0.613. The van der Waals surface area contributed by atoms with E-state index in [1.54, 1.807) is 49.4 Å². The molecule has 1 aliphatic rings. The molecule has 162 valence electrons. The van der Waals surface area contributed by atoms with Gasteiger partial charge in [-0.1, -0.05) is 45.0 Å². The maximum atomic E-state index is 12.9. The van der Waals surface area contributed by atoms with E-state index in [2.05, 4.69) is 13.8 Å². The average Bonchev–Trinajstić information content (AvgIpc) is 3.04. The van der Waals surface area contributed by atoms with Crippen LogP contribution in [0.1, 0.15) is 50.7 Å². The summed E-state index contributed by atoms with van der Waals surface area (Å²) in [5, 5.41) is 8.82. The van der Waals surface area contributed by atoms with Crippen LogP contribution in [-0.4, -0.2) is 28.3 Å². The zero-order chi connectivity index (χ0) is 22.5. The van der Waals surface area contributed by atoms with E-state index in [0.717, 1.165) is 23.7 Å². The topological polar surface area (TPSA) is 83.9 Å². The van der Waals surface area contributed by atoms with Gasteiger partial charge >= 0.3 is 5.97 Å². The lowest BCUT2D eigenvalue weighted by atomic mass is 9.98. The number of benzene rings is 2. The molecule has 0 bridgehead atoms. The van der Waals surface area contributed by atoms with E-state index < -0.39 is 12.1 Å². The van der Waals surface area contributed by atoms with E-state index in [9.17, 15) is 14.4 Å². The monoisotopic (exact) mass is 439 g/mol. The lowest BCUT2D eigenvalue weighted by Gasteiger charge is -2.15. The number of anilines is 1. The Morgan fingerprint density at radius 3 is 2.45 bits per heavy atom. The van der Waals surface area contributed by atoms with Crippen LogP contribution >= 0.6 is 11.8 Å². The first-order valence-corrected chi connectivity index (χ1v) is 11.0. The Kier molecular flexibility index (Phi) is 7.17. The van der Waals surface area contributed by atoms with Gasteiger partial charge in [0.05, 0.1) is 10.6 Å². The highest BCUT2D eigenvalue weighted by Crippen LogP contribution is 2.36. The van der Waals surface area contributed by atoms with Gasteiger partial charge in [-0.05, 0) is 72.0 Å². The van der Waals surface area contributed by atoms with Crippen molar-refractivity contribution in [3.05, 3.63) is 64.6 Å². The quantitative estimate of drug-likeness (QED) is 0.533. The van der Waals surface area contributed by atoms with Crippen LogP contribution in [0.5, 0.6) is 5.75 Å². The van der Waals surface area contributed by atoms with Crippen molar-refractivity contribution in [2.24, 2.45) is 0 Å². The van der Waals surface area contributed by atoms with Crippen LogP contribution < -0.4 is 9.64 Å². The molecule has 1 heterocycles. The van der Waals surface area contributed by atoms with Gasteiger partial charge in [-0.3, -0.25) is 9.59 Å². The molecule has 2 amide bonds. The maximum absolute atomic E-state index is 12.9. The molecule has 0 radical (unpaired) electrons. The van der Waals surface area contributed by atoms with Gasteiger partial charge in [0.1, 0.15) is 5.75 Å². The second kappa shape index (κ2) is 9.83. The van der Waals surface area contributed by atoms with Crippen LogP contribution in [0.2, 0.25) is 0 Å². The van der Waals surface area contributed by atoms with Gasteiger partial charge in [-0.2, -0.15) is 0 Å². The zero-order valence-corrected chi connectivity index (χ0v) is 18.5. The van der Waals surface area contributed by atoms with Crippen LogP contribution in [0, 0.1) is 0 Å². The number of thioether (sulfide) groups is 1. The molecule has 0 aromatic heterocycles. The van der Waals surface area contributed by atoms with Gasteiger partial charge in [0.2, 0.25) is 0 Å². The van der Waals surface area contributed by atoms with Crippen molar-refractivity contribution in [2.75, 3.05) is 4.90 Å². The number of rotatable bonds is 8. The fourth-order valence-corrected chi connectivity index (χ4v) is 4.02. The van der Waals surface area contributed by atoms with Crippen molar-refractivity contribution in [2.45, 2.75) is 45.6 Å². The second-order valence-corrected chi connectivity index (χ2v) is 8.34. The third kappa shape index (κ3) is 5.17. The Bertz CT molecular complexity index is 1010.